The van der Waals surface area contributed by atoms with Crippen molar-refractivity contribution in [2.45, 2.75) is 6.42 Å². The number of anilines is 1. The molecule has 122 valence electrons. The van der Waals surface area contributed by atoms with Gasteiger partial charge in [0, 0.05) is 32.0 Å². The van der Waals surface area contributed by atoms with Crippen molar-refractivity contribution in [3.63, 3.8) is 0 Å². The molecule has 0 saturated carbocycles. The maximum Gasteiger partial charge on any atom is 0.257 e. The van der Waals surface area contributed by atoms with E-state index in [1.807, 2.05) is 30.3 Å². The van der Waals surface area contributed by atoms with E-state index in [0.717, 1.165) is 25.8 Å². The predicted octanol–water partition coefficient (Wildman–Crippen LogP) is 6.16. The number of hydrogen-bond acceptors (Lipinski definition) is 3. The largest absolute Gasteiger partial charge is 0.298 e. The summed E-state index contributed by atoms with van der Waals surface area (Å²) in [5.41, 5.74) is 1.69. The van der Waals surface area contributed by atoms with Gasteiger partial charge in [0.15, 0.2) is 5.13 Å². The molecular weight excluding hydrogens is 476 g/mol. The fraction of sp³-hybridized carbons (Fsp3) is 0.0588. The standard InChI is InChI=1S/C17H11Br2ClN2OS/c18-12-4-2-11(3-5-12)16(23)22-17-21-9-13(24-17)7-10-1-6-14(19)15(20)8-10/h1-6,8-9H,7H2,(H,21,22,23). The molecule has 0 aliphatic heterocycles. The van der Waals surface area contributed by atoms with Crippen LogP contribution >= 0.6 is 54.8 Å². The van der Waals surface area contributed by atoms with Gasteiger partial charge in [0.25, 0.3) is 5.91 Å². The van der Waals surface area contributed by atoms with E-state index in [1.54, 1.807) is 18.3 Å². The van der Waals surface area contributed by atoms with E-state index in [9.17, 15) is 4.79 Å². The Hall–Kier alpha value is -1.21. The van der Waals surface area contributed by atoms with E-state index < -0.39 is 0 Å². The maximum atomic E-state index is 12.2. The summed E-state index contributed by atoms with van der Waals surface area (Å²) >= 11 is 14.3. The number of rotatable bonds is 4. The number of aromatic nitrogens is 1. The molecule has 1 heterocycles. The van der Waals surface area contributed by atoms with Crippen LogP contribution in [0.2, 0.25) is 5.02 Å². The molecule has 0 aliphatic carbocycles. The minimum absolute atomic E-state index is 0.171. The van der Waals surface area contributed by atoms with Crippen LogP contribution in [0.25, 0.3) is 0 Å². The van der Waals surface area contributed by atoms with Crippen molar-refractivity contribution >= 4 is 65.8 Å². The minimum atomic E-state index is -0.171. The van der Waals surface area contributed by atoms with Crippen LogP contribution in [0.1, 0.15) is 20.8 Å². The first-order chi connectivity index (χ1) is 11.5. The Morgan fingerprint density at radius 1 is 1.17 bits per heavy atom. The van der Waals surface area contributed by atoms with Gasteiger partial charge < -0.3 is 0 Å². The zero-order valence-corrected chi connectivity index (χ0v) is 17.0. The van der Waals surface area contributed by atoms with Crippen LogP contribution in [-0.4, -0.2) is 10.9 Å². The third kappa shape index (κ3) is 4.45. The molecule has 24 heavy (non-hydrogen) atoms. The van der Waals surface area contributed by atoms with Gasteiger partial charge in [-0.1, -0.05) is 33.6 Å². The highest BCUT2D eigenvalue weighted by molar-refractivity contribution is 9.10. The zero-order chi connectivity index (χ0) is 17.1. The van der Waals surface area contributed by atoms with E-state index in [-0.39, 0.29) is 5.91 Å². The Labute approximate surface area is 165 Å². The quantitative estimate of drug-likeness (QED) is 0.480. The van der Waals surface area contributed by atoms with Crippen LogP contribution in [0.4, 0.5) is 5.13 Å². The van der Waals surface area contributed by atoms with Gasteiger partial charge in [0.1, 0.15) is 0 Å². The van der Waals surface area contributed by atoms with Crippen LogP contribution in [-0.2, 0) is 6.42 Å². The summed E-state index contributed by atoms with van der Waals surface area (Å²) in [6, 6.07) is 13.0. The molecule has 0 bridgehead atoms. The Kier molecular flexibility index (Phi) is 5.71. The Bertz CT molecular complexity index is 881. The van der Waals surface area contributed by atoms with Crippen molar-refractivity contribution in [1.82, 2.24) is 4.98 Å². The highest BCUT2D eigenvalue weighted by Crippen LogP contribution is 2.26. The molecule has 2 aromatic carbocycles. The van der Waals surface area contributed by atoms with Gasteiger partial charge in [-0.3, -0.25) is 10.1 Å². The van der Waals surface area contributed by atoms with Gasteiger partial charge in [0.05, 0.1) is 5.02 Å². The number of halogens is 3. The molecule has 0 atom stereocenters. The monoisotopic (exact) mass is 484 g/mol. The van der Waals surface area contributed by atoms with Crippen molar-refractivity contribution < 1.29 is 4.79 Å². The van der Waals surface area contributed by atoms with Gasteiger partial charge in [-0.2, -0.15) is 0 Å². The lowest BCUT2D eigenvalue weighted by molar-refractivity contribution is 0.102. The third-order valence-electron chi connectivity index (χ3n) is 3.24. The van der Waals surface area contributed by atoms with E-state index in [1.165, 1.54) is 11.3 Å². The summed E-state index contributed by atoms with van der Waals surface area (Å²) in [5.74, 6) is -0.171. The van der Waals surface area contributed by atoms with Gasteiger partial charge in [0.2, 0.25) is 0 Å². The highest BCUT2D eigenvalue weighted by Gasteiger charge is 2.10. The van der Waals surface area contributed by atoms with Gasteiger partial charge in [-0.15, -0.1) is 11.3 Å². The average Bonchev–Trinajstić information content (AvgIpc) is 2.98. The second-order valence-electron chi connectivity index (χ2n) is 5.02. The SMILES string of the molecule is O=C(Nc1ncc(Cc2ccc(Br)c(Cl)c2)s1)c1ccc(Br)cc1. The molecule has 0 unspecified atom stereocenters. The molecule has 0 saturated heterocycles. The lowest BCUT2D eigenvalue weighted by atomic mass is 10.1. The summed E-state index contributed by atoms with van der Waals surface area (Å²) in [5, 5.41) is 4.09. The number of carbonyl (C=O) groups excluding carboxylic acids is 1. The molecule has 1 N–H and O–H groups in total. The molecule has 7 heteroatoms. The predicted molar refractivity (Wildman–Crippen MR) is 106 cm³/mol. The smallest absolute Gasteiger partial charge is 0.257 e. The molecule has 0 fully saturated rings. The maximum absolute atomic E-state index is 12.2. The van der Waals surface area contributed by atoms with Crippen LogP contribution in [0.5, 0.6) is 0 Å². The number of nitrogens with one attached hydrogen (secondary N) is 1. The molecule has 0 aliphatic rings. The molecule has 0 spiro atoms. The number of nitrogens with zero attached hydrogens (tertiary/aromatic N) is 1. The second kappa shape index (κ2) is 7.78. The number of thiazole rings is 1. The first kappa shape index (κ1) is 17.6. The number of amides is 1. The molecule has 1 amide bonds. The van der Waals surface area contributed by atoms with E-state index in [4.69, 9.17) is 11.6 Å². The van der Waals surface area contributed by atoms with Crippen molar-refractivity contribution in [3.05, 3.63) is 78.6 Å². The minimum Gasteiger partial charge on any atom is -0.298 e. The Morgan fingerprint density at radius 2 is 1.92 bits per heavy atom. The summed E-state index contributed by atoms with van der Waals surface area (Å²) in [7, 11) is 0. The second-order valence-corrected chi connectivity index (χ2v) is 8.31. The third-order valence-corrected chi connectivity index (χ3v) is 5.92. The van der Waals surface area contributed by atoms with Gasteiger partial charge in [-0.25, -0.2) is 4.98 Å². The first-order valence-electron chi connectivity index (χ1n) is 6.97. The van der Waals surface area contributed by atoms with Crippen LogP contribution < -0.4 is 5.32 Å². The van der Waals surface area contributed by atoms with Crippen molar-refractivity contribution in [3.8, 4) is 0 Å². The molecule has 3 nitrogen and oxygen atoms in total. The fourth-order valence-corrected chi connectivity index (χ4v) is 3.62. The molecule has 0 radical (unpaired) electrons. The summed E-state index contributed by atoms with van der Waals surface area (Å²) in [6.07, 6.45) is 2.50. The highest BCUT2D eigenvalue weighted by atomic mass is 79.9. The van der Waals surface area contributed by atoms with E-state index >= 15 is 0 Å². The Morgan fingerprint density at radius 3 is 2.62 bits per heavy atom. The normalized spacial score (nSPS) is 10.6. The van der Waals surface area contributed by atoms with Gasteiger partial charge >= 0.3 is 0 Å². The summed E-state index contributed by atoms with van der Waals surface area (Å²) in [4.78, 5) is 17.5. The molecular formula is C17H11Br2ClN2OS. The van der Waals surface area contributed by atoms with Crippen LogP contribution in [0.15, 0.2) is 57.6 Å². The average molecular weight is 487 g/mol. The van der Waals surface area contributed by atoms with Gasteiger partial charge in [-0.05, 0) is 57.9 Å². The van der Waals surface area contributed by atoms with Crippen LogP contribution in [0.3, 0.4) is 0 Å². The summed E-state index contributed by atoms with van der Waals surface area (Å²) in [6.45, 7) is 0. The van der Waals surface area contributed by atoms with E-state index in [2.05, 4.69) is 42.2 Å². The van der Waals surface area contributed by atoms with Crippen molar-refractivity contribution in [2.24, 2.45) is 0 Å². The van der Waals surface area contributed by atoms with Crippen molar-refractivity contribution in [1.29, 1.82) is 0 Å². The Balaban J connectivity index is 1.67. The number of benzene rings is 2. The molecule has 1 aromatic heterocycles. The molecule has 3 rings (SSSR count). The number of carbonyl (C=O) groups is 1. The zero-order valence-electron chi connectivity index (χ0n) is 12.2. The first-order valence-corrected chi connectivity index (χ1v) is 9.75. The van der Waals surface area contributed by atoms with E-state index in [0.29, 0.717) is 15.7 Å². The van der Waals surface area contributed by atoms with Crippen molar-refractivity contribution in [2.75, 3.05) is 5.32 Å². The fourth-order valence-electron chi connectivity index (χ4n) is 2.07. The number of hydrogen-bond donors (Lipinski definition) is 1. The topological polar surface area (TPSA) is 42.0 Å². The lowest BCUT2D eigenvalue weighted by Crippen LogP contribution is -2.11. The molecule has 3 aromatic rings. The summed E-state index contributed by atoms with van der Waals surface area (Å²) < 4.78 is 1.81. The lowest BCUT2D eigenvalue weighted by Gasteiger charge is -2.02. The van der Waals surface area contributed by atoms with Crippen LogP contribution in [0, 0.1) is 0 Å².